The highest BCUT2D eigenvalue weighted by Crippen LogP contribution is 2.51. The zero-order chi connectivity index (χ0) is 54.7. The monoisotopic (exact) mass is 1060 g/mol. The average Bonchev–Trinajstić information content (AvgIpc) is 3.78. The van der Waals surface area contributed by atoms with Gasteiger partial charge in [-0.2, -0.15) is 0 Å². The Labute approximate surface area is 472 Å². The first-order valence-corrected chi connectivity index (χ1v) is 28.0. The predicted octanol–water partition coefficient (Wildman–Crippen LogP) is 22.5. The Balaban J connectivity index is 0.855. The first-order chi connectivity index (χ1) is 40.3. The van der Waals surface area contributed by atoms with Gasteiger partial charge in [0.05, 0.1) is 22.7 Å². The molecule has 82 heavy (non-hydrogen) atoms. The number of benzene rings is 12. The summed E-state index contributed by atoms with van der Waals surface area (Å²) in [5.74, 6) is 0. The third kappa shape index (κ3) is 7.41. The van der Waals surface area contributed by atoms with Gasteiger partial charge in [0, 0.05) is 65.6 Å². The SMILES string of the molecule is Cc1cc(-c2ccc(N(c3c(C)cccc3-c3ccc4oc5ccccc5c4c3)c3cccc4c3oc3ccccc34)c(C)c2)ccc1N(c1c(C)cccc1-c1ccc2oc3ccccc3c2c1)c1cccc2c1oc1ccccc12. The lowest BCUT2D eigenvalue weighted by Gasteiger charge is -2.31. The van der Waals surface area contributed by atoms with E-state index >= 15 is 0 Å². The molecule has 4 aromatic heterocycles. The molecule has 12 aromatic carbocycles. The van der Waals surface area contributed by atoms with Gasteiger partial charge in [0.1, 0.15) is 33.5 Å². The zero-order valence-electron chi connectivity index (χ0n) is 45.6. The highest BCUT2D eigenvalue weighted by atomic mass is 16.3. The van der Waals surface area contributed by atoms with Crippen molar-refractivity contribution in [3.8, 4) is 33.4 Å². The van der Waals surface area contributed by atoms with E-state index in [2.05, 4.69) is 244 Å². The Morgan fingerprint density at radius 3 is 0.988 bits per heavy atom. The van der Waals surface area contributed by atoms with Crippen LogP contribution < -0.4 is 9.80 Å². The van der Waals surface area contributed by atoms with Gasteiger partial charge < -0.3 is 27.5 Å². The number of nitrogens with zero attached hydrogens (tertiary/aromatic N) is 2. The molecule has 0 N–H and O–H groups in total. The second-order valence-electron chi connectivity index (χ2n) is 21.7. The number of fused-ring (bicyclic) bond motifs is 12. The zero-order valence-corrected chi connectivity index (χ0v) is 45.6. The first kappa shape index (κ1) is 47.4. The number of hydrogen-bond acceptors (Lipinski definition) is 6. The predicted molar refractivity (Wildman–Crippen MR) is 340 cm³/mol. The van der Waals surface area contributed by atoms with E-state index in [4.69, 9.17) is 17.7 Å². The van der Waals surface area contributed by atoms with Gasteiger partial charge in [-0.15, -0.1) is 0 Å². The van der Waals surface area contributed by atoms with E-state index in [0.717, 1.165) is 178 Å². The van der Waals surface area contributed by atoms with Crippen molar-refractivity contribution in [1.29, 1.82) is 0 Å². The molecule has 0 amide bonds. The highest BCUT2D eigenvalue weighted by Gasteiger charge is 2.28. The quantitative estimate of drug-likeness (QED) is 0.144. The maximum absolute atomic E-state index is 6.87. The second-order valence-corrected chi connectivity index (χ2v) is 21.7. The molecule has 6 heteroatoms. The third-order valence-corrected chi connectivity index (χ3v) is 16.8. The fourth-order valence-corrected chi connectivity index (χ4v) is 12.9. The summed E-state index contributed by atoms with van der Waals surface area (Å²) in [7, 11) is 0. The van der Waals surface area contributed by atoms with Gasteiger partial charge in [0.15, 0.2) is 11.2 Å². The first-order valence-electron chi connectivity index (χ1n) is 28.0. The molecule has 0 saturated carbocycles. The van der Waals surface area contributed by atoms with Crippen molar-refractivity contribution in [3.63, 3.8) is 0 Å². The van der Waals surface area contributed by atoms with Crippen LogP contribution in [0.4, 0.5) is 34.1 Å². The normalized spacial score (nSPS) is 11.9. The van der Waals surface area contributed by atoms with Crippen molar-refractivity contribution in [2.24, 2.45) is 0 Å². The summed E-state index contributed by atoms with van der Waals surface area (Å²) in [6.07, 6.45) is 0. The van der Waals surface area contributed by atoms with Crippen molar-refractivity contribution in [1.82, 2.24) is 0 Å². The van der Waals surface area contributed by atoms with Crippen LogP contribution in [0.3, 0.4) is 0 Å². The van der Waals surface area contributed by atoms with Crippen molar-refractivity contribution >= 4 is 122 Å². The summed E-state index contributed by atoms with van der Waals surface area (Å²) in [5, 5.41) is 8.68. The number of furan rings is 4. The Bertz CT molecular complexity index is 4930. The van der Waals surface area contributed by atoms with E-state index in [9.17, 15) is 0 Å². The summed E-state index contributed by atoms with van der Waals surface area (Å²) < 4.78 is 26.4. The molecule has 16 rings (SSSR count). The topological polar surface area (TPSA) is 59.0 Å². The lowest BCUT2D eigenvalue weighted by molar-refractivity contribution is 0.668. The molecular weight excluding hydrogens is 1000 g/mol. The fraction of sp³-hybridized carbons (Fsp3) is 0.0526. The lowest BCUT2D eigenvalue weighted by Crippen LogP contribution is -2.14. The smallest absolute Gasteiger partial charge is 0.159 e. The van der Waals surface area contributed by atoms with Crippen LogP contribution in [0.25, 0.3) is 121 Å². The fourth-order valence-electron chi connectivity index (χ4n) is 12.9. The largest absolute Gasteiger partial charge is 0.456 e. The third-order valence-electron chi connectivity index (χ3n) is 16.8. The number of hydrogen-bond donors (Lipinski definition) is 0. The molecule has 16 aromatic rings. The van der Waals surface area contributed by atoms with Gasteiger partial charge in [0.25, 0.3) is 0 Å². The highest BCUT2D eigenvalue weighted by molar-refractivity contribution is 6.14. The lowest BCUT2D eigenvalue weighted by atomic mass is 9.94. The molecule has 0 aliphatic rings. The molecule has 0 aliphatic carbocycles. The van der Waals surface area contributed by atoms with Gasteiger partial charge in [-0.25, -0.2) is 0 Å². The van der Waals surface area contributed by atoms with E-state index in [1.807, 2.05) is 36.4 Å². The molecule has 4 heterocycles. The number of rotatable bonds is 9. The molecule has 6 nitrogen and oxygen atoms in total. The van der Waals surface area contributed by atoms with Crippen LogP contribution in [0, 0.1) is 27.7 Å². The van der Waals surface area contributed by atoms with E-state index in [1.54, 1.807) is 0 Å². The Kier molecular flexibility index (Phi) is 10.7. The second kappa shape index (κ2) is 18.5. The van der Waals surface area contributed by atoms with Crippen molar-refractivity contribution in [3.05, 3.63) is 265 Å². The molecule has 0 bridgehead atoms. The molecule has 0 aliphatic heterocycles. The average molecular weight is 1060 g/mol. The van der Waals surface area contributed by atoms with Crippen molar-refractivity contribution in [2.75, 3.05) is 9.80 Å². The molecule has 0 fully saturated rings. The summed E-state index contributed by atoms with van der Waals surface area (Å²) in [6.45, 7) is 8.88. The van der Waals surface area contributed by atoms with Crippen molar-refractivity contribution < 1.29 is 17.7 Å². The summed E-state index contributed by atoms with van der Waals surface area (Å²) in [6, 6.07) is 86.4. The van der Waals surface area contributed by atoms with Crippen LogP contribution in [0.1, 0.15) is 22.3 Å². The Morgan fingerprint density at radius 2 is 0.573 bits per heavy atom. The van der Waals surface area contributed by atoms with Gasteiger partial charge in [-0.1, -0.05) is 158 Å². The molecule has 390 valence electrons. The standard InChI is InChI=1S/C76H52N2O4/c1-45-17-13-23-53(51-35-39-71-61(43-51)57-21-7-9-29-67(57)79-71)73(45)77(65-27-15-25-59-55-19-5-11-31-69(55)81-75(59)65)63-37-33-49(41-47(63)3)50-34-38-64(48(4)42-50)78(66-28-16-26-60-56-20-6-12-32-70(56)82-76(60)66)74-46(2)18-14-24-54(74)52-36-40-72-62(44-52)58-22-8-10-30-68(58)80-72/h5-44H,1-4H3. The molecule has 0 radical (unpaired) electrons. The van der Waals surface area contributed by atoms with Gasteiger partial charge in [0.2, 0.25) is 0 Å². The number of anilines is 6. The molecule has 0 atom stereocenters. The van der Waals surface area contributed by atoms with Gasteiger partial charge in [-0.05, 0) is 157 Å². The molecule has 0 spiro atoms. The molecular formula is C76H52N2O4. The van der Waals surface area contributed by atoms with Crippen LogP contribution >= 0.6 is 0 Å². The Hall–Kier alpha value is -10.6. The van der Waals surface area contributed by atoms with Crippen LogP contribution in [-0.4, -0.2) is 0 Å². The van der Waals surface area contributed by atoms with Crippen molar-refractivity contribution in [2.45, 2.75) is 27.7 Å². The van der Waals surface area contributed by atoms with Gasteiger partial charge in [-0.3, -0.25) is 0 Å². The van der Waals surface area contributed by atoms with Crippen LogP contribution in [0.2, 0.25) is 0 Å². The number of para-hydroxylation sites is 8. The van der Waals surface area contributed by atoms with E-state index in [0.29, 0.717) is 0 Å². The summed E-state index contributed by atoms with van der Waals surface area (Å²) >= 11 is 0. The minimum Gasteiger partial charge on any atom is -0.456 e. The van der Waals surface area contributed by atoms with Crippen LogP contribution in [-0.2, 0) is 0 Å². The minimum atomic E-state index is 0.833. The molecule has 0 unspecified atom stereocenters. The molecule has 0 saturated heterocycles. The van der Waals surface area contributed by atoms with Gasteiger partial charge >= 0.3 is 0 Å². The summed E-state index contributed by atoms with van der Waals surface area (Å²) in [4.78, 5) is 4.84. The maximum atomic E-state index is 6.87. The minimum absolute atomic E-state index is 0.833. The van der Waals surface area contributed by atoms with Crippen LogP contribution in [0.15, 0.2) is 260 Å². The van der Waals surface area contributed by atoms with E-state index in [1.165, 1.54) is 0 Å². The van der Waals surface area contributed by atoms with E-state index in [-0.39, 0.29) is 0 Å². The maximum Gasteiger partial charge on any atom is 0.159 e. The number of aryl methyl sites for hydroxylation is 4. The van der Waals surface area contributed by atoms with E-state index < -0.39 is 0 Å². The van der Waals surface area contributed by atoms with Crippen LogP contribution in [0.5, 0.6) is 0 Å². The Morgan fingerprint density at radius 1 is 0.232 bits per heavy atom. The summed E-state index contributed by atoms with van der Waals surface area (Å²) in [5.41, 5.74) is 24.2.